The minimum Gasteiger partial charge on any atom is -0.415 e. The number of benzene rings is 4. The molecule has 4 aromatic carbocycles. The monoisotopic (exact) mass is 1840 g/mol. The molecular formula is C100H148N4O12S4Si4. The van der Waals surface area contributed by atoms with E-state index in [1.54, 1.807) is 65.8 Å². The zero-order valence-electron chi connectivity index (χ0n) is 79.0. The average Bonchev–Trinajstić information content (AvgIpc) is 1.59. The molecular weight excluding hydrogens is 1690 g/mol. The van der Waals surface area contributed by atoms with Gasteiger partial charge in [0.2, 0.25) is 73.4 Å². The van der Waals surface area contributed by atoms with Crippen molar-refractivity contribution in [1.82, 2.24) is 17.2 Å². The molecule has 4 aromatic rings. The smallest absolute Gasteiger partial charge is 0.243 e. The second-order valence-electron chi connectivity index (χ2n) is 41.5. The number of nitrogens with zero attached hydrogens (tertiary/aromatic N) is 4. The molecule has 12 aliphatic rings. The van der Waals surface area contributed by atoms with Gasteiger partial charge in [0, 0.05) is 125 Å². The molecule has 0 aromatic heterocycles. The Labute approximate surface area is 752 Å². The average molecular weight is 1840 g/mol. The summed E-state index contributed by atoms with van der Waals surface area (Å²) >= 11 is 0. The van der Waals surface area contributed by atoms with E-state index in [0.29, 0.717) is 162 Å². The van der Waals surface area contributed by atoms with E-state index >= 15 is 0 Å². The molecule has 8 saturated heterocycles. The minimum absolute atomic E-state index is 0.251. The van der Waals surface area contributed by atoms with Crippen LogP contribution in [0.2, 0.25) is 66.5 Å². The second-order valence-corrected chi connectivity index (χ2v) is 69.1. The predicted molar refractivity (Wildman–Crippen MR) is 516 cm³/mol. The van der Waals surface area contributed by atoms with Crippen molar-refractivity contribution < 1.29 is 51.4 Å². The molecule has 124 heavy (non-hydrogen) atoms. The fraction of sp³-hybridized carbons (Fsp3) is 0.600. The number of hydrogen-bond donors (Lipinski definition) is 0. The first kappa shape index (κ1) is 96.7. The van der Waals surface area contributed by atoms with Crippen molar-refractivity contribution in [2.45, 2.75) is 278 Å². The van der Waals surface area contributed by atoms with Crippen LogP contribution in [-0.2, 0) is 57.8 Å². The van der Waals surface area contributed by atoms with Crippen molar-refractivity contribution in [2.75, 3.05) is 78.8 Å². The minimum atomic E-state index is -3.50. The molecule has 0 saturated carbocycles. The van der Waals surface area contributed by atoms with Gasteiger partial charge in [-0.3, -0.25) is 0 Å². The van der Waals surface area contributed by atoms with Crippen molar-refractivity contribution in [3.05, 3.63) is 213 Å². The maximum Gasteiger partial charge on any atom is 0.243 e. The molecule has 4 aliphatic carbocycles. The van der Waals surface area contributed by atoms with E-state index in [4.69, 9.17) is 17.7 Å². The quantitative estimate of drug-likeness (QED) is 0.0764. The molecule has 0 N–H and O–H groups in total. The lowest BCUT2D eigenvalue weighted by Crippen LogP contribution is -2.46. The standard InChI is InChI=1S/4C25H37NO3SSi/c4*1-17(2)31(18(3)4)25-13-20(6)7-10-21-14-26(15-23(21)24(25)16-29-31)30(27,28)22-11-8-19(5)9-12-22/h4*8-13,17-18,23-25H,7,14-16H2,1-6H3/b4*20-13-,21-10-/t4*23-,24+,25-/m1100/s1. The van der Waals surface area contributed by atoms with E-state index in [0.717, 1.165) is 74.4 Å². The highest BCUT2D eigenvalue weighted by Crippen LogP contribution is 2.62. The highest BCUT2D eigenvalue weighted by molar-refractivity contribution is 7.90. The van der Waals surface area contributed by atoms with Gasteiger partial charge in [-0.2, -0.15) is 17.2 Å². The van der Waals surface area contributed by atoms with E-state index < -0.39 is 73.4 Å². The van der Waals surface area contributed by atoms with Gasteiger partial charge in [-0.15, -0.1) is 0 Å². The Morgan fingerprint density at radius 2 is 0.427 bits per heavy atom. The number of sulfonamides is 4. The lowest BCUT2D eigenvalue weighted by Gasteiger charge is -2.40. The molecule has 16 nitrogen and oxygen atoms in total. The number of allylic oxidation sites excluding steroid dienone is 12. The molecule has 24 heteroatoms. The normalized spacial score (nSPS) is 32.1. The first-order valence-electron chi connectivity index (χ1n) is 46.6. The van der Waals surface area contributed by atoms with Crippen LogP contribution in [0.1, 0.15) is 186 Å². The Hall–Kier alpha value is -4.85. The molecule has 0 radical (unpaired) electrons. The lowest BCUT2D eigenvalue weighted by molar-refractivity contribution is 0.256. The summed E-state index contributed by atoms with van der Waals surface area (Å²) in [5.41, 5.74) is 21.1. The van der Waals surface area contributed by atoms with Gasteiger partial charge in [0.25, 0.3) is 0 Å². The maximum atomic E-state index is 13.4. The summed E-state index contributed by atoms with van der Waals surface area (Å²) in [6.07, 6.45) is 22.9. The summed E-state index contributed by atoms with van der Waals surface area (Å²) in [5, 5.41) is 0. The molecule has 0 unspecified atom stereocenters. The van der Waals surface area contributed by atoms with Crippen molar-refractivity contribution in [2.24, 2.45) is 47.3 Å². The van der Waals surface area contributed by atoms with Gasteiger partial charge in [-0.1, -0.05) is 275 Å². The van der Waals surface area contributed by atoms with Gasteiger partial charge in [0.15, 0.2) is 0 Å². The van der Waals surface area contributed by atoms with E-state index in [-0.39, 0.29) is 23.7 Å². The lowest BCUT2D eigenvalue weighted by atomic mass is 9.83. The third-order valence-electron chi connectivity index (χ3n) is 31.5. The topological polar surface area (TPSA) is 186 Å². The van der Waals surface area contributed by atoms with Gasteiger partial charge in [0.1, 0.15) is 0 Å². The van der Waals surface area contributed by atoms with Crippen LogP contribution in [0.5, 0.6) is 0 Å². The maximum absolute atomic E-state index is 13.4. The van der Waals surface area contributed by atoms with Crippen molar-refractivity contribution >= 4 is 73.4 Å². The molecule has 680 valence electrons. The van der Waals surface area contributed by atoms with Gasteiger partial charge >= 0.3 is 0 Å². The first-order valence-corrected chi connectivity index (χ1v) is 60.9. The molecule has 16 rings (SSSR count). The summed E-state index contributed by atoms with van der Waals surface area (Å²) < 4.78 is 141. The van der Waals surface area contributed by atoms with Gasteiger partial charge in [0.05, 0.1) is 19.6 Å². The van der Waals surface area contributed by atoms with Crippen LogP contribution in [0.3, 0.4) is 0 Å². The fourth-order valence-electron chi connectivity index (χ4n) is 24.9. The Morgan fingerprint density at radius 3 is 0.581 bits per heavy atom. The van der Waals surface area contributed by atoms with E-state index in [1.807, 2.05) is 76.2 Å². The molecule has 8 heterocycles. The SMILES string of the molecule is C/C1=C/[C@@H]2[C@@H](CO[Si]2(C(C)C)C(C)C)[C@@H]2CN(S(=O)(=O)c3ccc(C)cc3)C/C2=C/C1.C/C1=C/[C@@H]2[C@@H](CO[Si]2(C(C)C)C(C)C)[C@@H]2CN(S(=O)(=O)c3ccc(C)cc3)C/C2=C/C1.C/C1=C/[C@H]2[C@H](CO[Si]2(C(C)C)C(C)C)[C@H]2CN(S(=O)(=O)c3ccc(C)cc3)C/C2=C/C1.C/C1=C/[C@H]2[C@H](CO[Si]2(C(C)C)C(C)C)[C@H]2CN(S(=O)(=O)c3ccc(C)cc3)C/C2=C/C1. The third kappa shape index (κ3) is 18.1. The molecule has 0 amide bonds. The highest BCUT2D eigenvalue weighted by Gasteiger charge is 2.64. The summed E-state index contributed by atoms with van der Waals surface area (Å²) in [7, 11) is -22.0. The summed E-state index contributed by atoms with van der Waals surface area (Å²) in [5.74, 6) is 2.49. The van der Waals surface area contributed by atoms with Crippen LogP contribution in [0.25, 0.3) is 0 Å². The third-order valence-corrected chi connectivity index (χ3v) is 62.5. The molecule has 0 spiro atoms. The fourth-order valence-corrected chi connectivity index (χ4v) is 53.7. The van der Waals surface area contributed by atoms with E-state index in [1.165, 1.54) is 44.6 Å². The molecule has 8 aliphatic heterocycles. The molecule has 8 fully saturated rings. The van der Waals surface area contributed by atoms with Crippen LogP contribution in [0.15, 0.2) is 210 Å². The van der Waals surface area contributed by atoms with Crippen LogP contribution in [-0.4, -0.2) is 163 Å². The number of hydrogen-bond acceptors (Lipinski definition) is 12. The Bertz CT molecular complexity index is 4600. The summed E-state index contributed by atoms with van der Waals surface area (Å²) in [4.78, 5) is 1.59. The van der Waals surface area contributed by atoms with Crippen molar-refractivity contribution in [1.29, 1.82) is 0 Å². The highest BCUT2D eigenvalue weighted by atomic mass is 32.2. The predicted octanol–water partition coefficient (Wildman–Crippen LogP) is 22.7. The Morgan fingerprint density at radius 1 is 0.266 bits per heavy atom. The van der Waals surface area contributed by atoms with Crippen molar-refractivity contribution in [3.8, 4) is 0 Å². The zero-order valence-corrected chi connectivity index (χ0v) is 86.3. The van der Waals surface area contributed by atoms with Crippen LogP contribution >= 0.6 is 0 Å². The molecule has 0 bridgehead atoms. The van der Waals surface area contributed by atoms with E-state index in [2.05, 4.69) is 187 Å². The molecule has 12 atom stereocenters. The van der Waals surface area contributed by atoms with Crippen LogP contribution in [0.4, 0.5) is 0 Å². The Kier molecular flexibility index (Phi) is 29.5. The van der Waals surface area contributed by atoms with Crippen LogP contribution < -0.4 is 0 Å². The van der Waals surface area contributed by atoms with Crippen molar-refractivity contribution in [3.63, 3.8) is 0 Å². The number of aryl methyl sites for hydroxylation is 4. The van der Waals surface area contributed by atoms with E-state index in [9.17, 15) is 33.7 Å². The van der Waals surface area contributed by atoms with Crippen LogP contribution in [0, 0.1) is 75.0 Å². The van der Waals surface area contributed by atoms with Gasteiger partial charge in [-0.25, -0.2) is 33.7 Å². The number of rotatable bonds is 16. The second kappa shape index (κ2) is 37.8. The number of fused-ring (bicyclic) bond motifs is 12. The Balaban J connectivity index is 0.000000142. The zero-order chi connectivity index (χ0) is 90.2. The van der Waals surface area contributed by atoms with Gasteiger partial charge in [-0.05, 0) is 198 Å². The summed E-state index contributed by atoms with van der Waals surface area (Å²) in [6, 6.07) is 28.9. The van der Waals surface area contributed by atoms with Gasteiger partial charge < -0.3 is 17.7 Å². The largest absolute Gasteiger partial charge is 0.415 e. The summed E-state index contributed by atoms with van der Waals surface area (Å²) in [6.45, 7) is 61.4. The first-order chi connectivity index (χ1) is 58.3.